The van der Waals surface area contributed by atoms with Crippen LogP contribution in [-0.2, 0) is 10.2 Å². The highest BCUT2D eigenvalue weighted by atomic mass is 16.5. The maximum atomic E-state index is 14.7. The Balaban J connectivity index is 1.15. The fourth-order valence-corrected chi connectivity index (χ4v) is 7.75. The van der Waals surface area contributed by atoms with Gasteiger partial charge in [-0.25, -0.2) is 4.98 Å². The molecular weight excluding hydrogens is 578 g/mol. The molecule has 0 unspecified atom stereocenters. The van der Waals surface area contributed by atoms with Crippen molar-refractivity contribution in [3.63, 3.8) is 0 Å². The van der Waals surface area contributed by atoms with Crippen molar-refractivity contribution in [2.24, 2.45) is 17.8 Å². The molecule has 1 N–H and O–H groups in total. The largest absolute Gasteiger partial charge is 0.497 e. The zero-order valence-electron chi connectivity index (χ0n) is 27.4. The number of benzene rings is 1. The lowest BCUT2D eigenvalue weighted by Gasteiger charge is -2.38. The van der Waals surface area contributed by atoms with Crippen molar-refractivity contribution in [1.29, 1.82) is 0 Å². The first-order valence-corrected chi connectivity index (χ1v) is 17.0. The van der Waals surface area contributed by atoms with Crippen LogP contribution in [0.15, 0.2) is 54.7 Å². The van der Waals surface area contributed by atoms with E-state index >= 15 is 0 Å². The SMILES string of the molecule is COc1ccc(C(=O)C2(c3cccc(C)n3)CCCCC2)c(N2CCC(COc3cc([C@H](C4CC4)[C@H](C)C(=O)O)ccn3)CC2)c1. The lowest BCUT2D eigenvalue weighted by Crippen LogP contribution is -2.41. The number of methoxy groups -OCH3 is 1. The zero-order valence-corrected chi connectivity index (χ0v) is 27.4. The summed E-state index contributed by atoms with van der Waals surface area (Å²) in [6, 6.07) is 15.8. The van der Waals surface area contributed by atoms with Gasteiger partial charge in [-0.3, -0.25) is 14.6 Å². The molecule has 0 bridgehead atoms. The molecule has 0 amide bonds. The summed E-state index contributed by atoms with van der Waals surface area (Å²) in [6.45, 7) is 5.97. The predicted molar refractivity (Wildman–Crippen MR) is 178 cm³/mol. The lowest BCUT2D eigenvalue weighted by atomic mass is 9.67. The molecule has 244 valence electrons. The number of Topliss-reactive ketones (excluding diaryl/α,β-unsaturated/α-hetero) is 1. The maximum Gasteiger partial charge on any atom is 0.306 e. The average molecular weight is 626 g/mol. The smallest absolute Gasteiger partial charge is 0.306 e. The Bertz CT molecular complexity index is 1540. The molecule has 2 aromatic heterocycles. The molecule has 1 saturated heterocycles. The number of anilines is 1. The van der Waals surface area contributed by atoms with E-state index in [2.05, 4.69) is 9.88 Å². The second-order valence-corrected chi connectivity index (χ2v) is 13.7. The van der Waals surface area contributed by atoms with Crippen LogP contribution in [0.2, 0.25) is 0 Å². The summed E-state index contributed by atoms with van der Waals surface area (Å²) >= 11 is 0. The second kappa shape index (κ2) is 13.8. The highest BCUT2D eigenvalue weighted by molar-refractivity contribution is 6.08. The highest BCUT2D eigenvalue weighted by Crippen LogP contribution is 2.47. The van der Waals surface area contributed by atoms with Gasteiger partial charge in [0.1, 0.15) is 5.75 Å². The van der Waals surface area contributed by atoms with Crippen LogP contribution in [0.25, 0.3) is 0 Å². The Morgan fingerprint density at radius 1 is 1.02 bits per heavy atom. The molecule has 3 aliphatic rings. The van der Waals surface area contributed by atoms with E-state index < -0.39 is 17.3 Å². The van der Waals surface area contributed by atoms with E-state index in [4.69, 9.17) is 14.5 Å². The van der Waals surface area contributed by atoms with Gasteiger partial charge in [-0.05, 0) is 99.1 Å². The molecule has 1 aliphatic heterocycles. The van der Waals surface area contributed by atoms with Gasteiger partial charge in [-0.1, -0.05) is 32.3 Å². The summed E-state index contributed by atoms with van der Waals surface area (Å²) < 4.78 is 11.8. The number of ketones is 1. The molecule has 2 atom stereocenters. The number of aliphatic carboxylic acids is 1. The normalized spacial score (nSPS) is 19.7. The second-order valence-electron chi connectivity index (χ2n) is 13.7. The van der Waals surface area contributed by atoms with Gasteiger partial charge in [0, 0.05) is 42.7 Å². The molecule has 0 radical (unpaired) electrons. The van der Waals surface area contributed by atoms with E-state index in [0.717, 1.165) is 105 Å². The van der Waals surface area contributed by atoms with Gasteiger partial charge in [0.2, 0.25) is 5.88 Å². The van der Waals surface area contributed by atoms with Gasteiger partial charge in [0.05, 0.1) is 36.4 Å². The van der Waals surface area contributed by atoms with E-state index in [1.165, 1.54) is 0 Å². The third-order valence-corrected chi connectivity index (χ3v) is 10.6. The molecule has 3 heterocycles. The summed E-state index contributed by atoms with van der Waals surface area (Å²) in [5.41, 5.74) is 3.92. The molecule has 0 spiro atoms. The number of aromatic nitrogens is 2. The summed E-state index contributed by atoms with van der Waals surface area (Å²) in [6.07, 6.45) is 10.6. The summed E-state index contributed by atoms with van der Waals surface area (Å²) in [7, 11) is 1.67. The van der Waals surface area contributed by atoms with Crippen molar-refractivity contribution in [2.45, 2.75) is 83.0 Å². The van der Waals surface area contributed by atoms with Crippen molar-refractivity contribution < 1.29 is 24.2 Å². The molecule has 1 aromatic carbocycles. The fourth-order valence-electron chi connectivity index (χ4n) is 7.75. The summed E-state index contributed by atoms with van der Waals surface area (Å²) in [5, 5.41) is 9.68. The number of carbonyl (C=O) groups excluding carboxylic acids is 1. The van der Waals surface area contributed by atoms with Crippen LogP contribution in [0.4, 0.5) is 5.69 Å². The van der Waals surface area contributed by atoms with Crippen molar-refractivity contribution >= 4 is 17.4 Å². The van der Waals surface area contributed by atoms with Crippen molar-refractivity contribution in [2.75, 3.05) is 31.7 Å². The van der Waals surface area contributed by atoms with Crippen LogP contribution >= 0.6 is 0 Å². The Hall–Kier alpha value is -3.94. The topological polar surface area (TPSA) is 102 Å². The van der Waals surface area contributed by atoms with Crippen LogP contribution in [0.1, 0.15) is 97.9 Å². The third-order valence-electron chi connectivity index (χ3n) is 10.6. The molecule has 3 aromatic rings. The minimum Gasteiger partial charge on any atom is -0.497 e. The van der Waals surface area contributed by atoms with Crippen molar-refractivity contribution in [3.05, 3.63) is 77.2 Å². The van der Waals surface area contributed by atoms with Gasteiger partial charge in [0.25, 0.3) is 0 Å². The fraction of sp³-hybridized carbons (Fsp3) is 0.526. The monoisotopic (exact) mass is 625 g/mol. The number of nitrogens with zero attached hydrogens (tertiary/aromatic N) is 3. The minimum atomic E-state index is -0.760. The molecule has 46 heavy (non-hydrogen) atoms. The summed E-state index contributed by atoms with van der Waals surface area (Å²) in [4.78, 5) is 38.1. The maximum absolute atomic E-state index is 14.7. The Labute approximate surface area is 272 Å². The first-order chi connectivity index (χ1) is 22.3. The first kappa shape index (κ1) is 32.0. The van der Waals surface area contributed by atoms with Gasteiger partial charge in [-0.2, -0.15) is 0 Å². The lowest BCUT2D eigenvalue weighted by molar-refractivity contribution is -0.142. The Kier molecular flexibility index (Phi) is 9.62. The number of carboxylic acids is 1. The average Bonchev–Trinajstić information content (AvgIpc) is 3.93. The van der Waals surface area contributed by atoms with Crippen molar-refractivity contribution in [1.82, 2.24) is 9.97 Å². The predicted octanol–water partition coefficient (Wildman–Crippen LogP) is 7.39. The molecule has 8 heteroatoms. The number of rotatable bonds is 12. The molecule has 3 fully saturated rings. The number of ether oxygens (including phenoxy) is 2. The number of piperidine rings is 1. The quantitative estimate of drug-likeness (QED) is 0.208. The third kappa shape index (κ3) is 6.76. The molecule has 8 nitrogen and oxygen atoms in total. The van der Waals surface area contributed by atoms with E-state index in [-0.39, 0.29) is 11.7 Å². The molecule has 2 saturated carbocycles. The Morgan fingerprint density at radius 3 is 2.46 bits per heavy atom. The van der Waals surface area contributed by atoms with Crippen LogP contribution in [-0.4, -0.2) is 53.6 Å². The van der Waals surface area contributed by atoms with Crippen LogP contribution < -0.4 is 14.4 Å². The zero-order chi connectivity index (χ0) is 32.3. The first-order valence-electron chi connectivity index (χ1n) is 17.0. The van der Waals surface area contributed by atoms with Crippen LogP contribution in [0, 0.1) is 24.7 Å². The standard InChI is InChI=1S/C38H47N3O5/c1-25-8-7-9-33(40-25)38(17-5-4-6-18-38)36(42)31-13-12-30(45-3)23-32(31)41-20-15-27(16-21-41)24-46-34-22-29(14-19-39-34)35(28-10-11-28)26(2)37(43)44/h7-9,12-14,19,22-23,26-28,35H,4-6,10-11,15-18,20-21,24H2,1-3H3,(H,43,44)/t26-,35-/m0/s1. The highest BCUT2D eigenvalue weighted by Gasteiger charge is 2.44. The van der Waals surface area contributed by atoms with E-state index in [0.29, 0.717) is 24.3 Å². The number of pyridine rings is 2. The van der Waals surface area contributed by atoms with Gasteiger partial charge >= 0.3 is 5.97 Å². The number of hydrogen-bond donors (Lipinski definition) is 1. The van der Waals surface area contributed by atoms with Gasteiger partial charge in [-0.15, -0.1) is 0 Å². The number of hydrogen-bond acceptors (Lipinski definition) is 7. The minimum absolute atomic E-state index is 0.0136. The Morgan fingerprint density at radius 2 is 1.78 bits per heavy atom. The van der Waals surface area contributed by atoms with E-state index in [1.54, 1.807) is 20.2 Å². The van der Waals surface area contributed by atoms with E-state index in [9.17, 15) is 14.7 Å². The number of carbonyl (C=O) groups is 2. The van der Waals surface area contributed by atoms with Crippen LogP contribution in [0.3, 0.4) is 0 Å². The van der Waals surface area contributed by atoms with Crippen molar-refractivity contribution in [3.8, 4) is 11.6 Å². The summed E-state index contributed by atoms with van der Waals surface area (Å²) in [5.74, 6) is 1.03. The number of aryl methyl sites for hydroxylation is 1. The molecule has 2 aliphatic carbocycles. The van der Waals surface area contributed by atoms with Gasteiger partial charge in [0.15, 0.2) is 5.78 Å². The molecular formula is C38H47N3O5. The van der Waals surface area contributed by atoms with Crippen LogP contribution in [0.5, 0.6) is 11.6 Å². The number of carboxylic acid groups (broad SMARTS) is 1. The van der Waals surface area contributed by atoms with Gasteiger partial charge < -0.3 is 19.5 Å². The molecule has 6 rings (SSSR count). The van der Waals surface area contributed by atoms with E-state index in [1.807, 2.05) is 55.5 Å².